The zero-order valence-electron chi connectivity index (χ0n) is 10.7. The lowest BCUT2D eigenvalue weighted by Crippen LogP contribution is -2.43. The van der Waals surface area contributed by atoms with E-state index in [9.17, 15) is 9.18 Å². The number of halogens is 1. The molecule has 1 aliphatic rings. The molecular formula is C12H15FN4O3. The number of nitrogens with two attached hydrogens (primary N) is 1. The van der Waals surface area contributed by atoms with Gasteiger partial charge in [-0.05, 0) is 18.2 Å². The molecule has 1 aliphatic heterocycles. The molecule has 0 aliphatic carbocycles. The standard InChI is InChI=1S/C12H15FN4O3/c13-9-7-8(11(14)16-19)1-2-10(9)15-12(18)17-3-5-20-6-4-17/h1-2,7,19H,3-6H2,(H2,14,16)(H,15,18). The Morgan fingerprint density at radius 1 is 1.45 bits per heavy atom. The fourth-order valence-electron chi connectivity index (χ4n) is 1.79. The van der Waals surface area contributed by atoms with E-state index in [2.05, 4.69) is 10.5 Å². The molecule has 0 bridgehead atoms. The number of hydrogen-bond acceptors (Lipinski definition) is 4. The number of urea groups is 1. The molecule has 2 amide bonds. The van der Waals surface area contributed by atoms with E-state index < -0.39 is 5.82 Å². The van der Waals surface area contributed by atoms with Gasteiger partial charge in [0.05, 0.1) is 18.9 Å². The highest BCUT2D eigenvalue weighted by molar-refractivity contribution is 5.98. The Labute approximate surface area is 114 Å². The predicted molar refractivity (Wildman–Crippen MR) is 70.3 cm³/mol. The number of benzene rings is 1. The van der Waals surface area contributed by atoms with Crippen LogP contribution in [0.15, 0.2) is 23.4 Å². The van der Waals surface area contributed by atoms with Crippen molar-refractivity contribution in [3.63, 3.8) is 0 Å². The van der Waals surface area contributed by atoms with Crippen LogP contribution in [0, 0.1) is 5.82 Å². The lowest BCUT2D eigenvalue weighted by atomic mass is 10.2. The smallest absolute Gasteiger partial charge is 0.322 e. The van der Waals surface area contributed by atoms with Gasteiger partial charge in [-0.15, -0.1) is 0 Å². The van der Waals surface area contributed by atoms with Gasteiger partial charge in [0.1, 0.15) is 5.82 Å². The second kappa shape index (κ2) is 6.20. The normalized spacial score (nSPS) is 16.1. The number of carbonyl (C=O) groups excluding carboxylic acids is 1. The number of nitrogens with one attached hydrogen (secondary N) is 1. The van der Waals surface area contributed by atoms with Gasteiger partial charge < -0.3 is 25.9 Å². The number of anilines is 1. The van der Waals surface area contributed by atoms with Gasteiger partial charge in [0.2, 0.25) is 0 Å². The first-order valence-corrected chi connectivity index (χ1v) is 6.03. The molecule has 2 rings (SSSR count). The summed E-state index contributed by atoms with van der Waals surface area (Å²) >= 11 is 0. The summed E-state index contributed by atoms with van der Waals surface area (Å²) in [6.45, 7) is 1.88. The first-order valence-electron chi connectivity index (χ1n) is 6.03. The molecule has 1 aromatic carbocycles. The zero-order valence-corrected chi connectivity index (χ0v) is 10.7. The van der Waals surface area contributed by atoms with Crippen LogP contribution in [0.25, 0.3) is 0 Å². The molecule has 1 heterocycles. The van der Waals surface area contributed by atoms with Crippen molar-refractivity contribution in [2.24, 2.45) is 10.9 Å². The van der Waals surface area contributed by atoms with E-state index >= 15 is 0 Å². The first kappa shape index (κ1) is 14.1. The Hall–Kier alpha value is -2.35. The minimum absolute atomic E-state index is 0.0379. The highest BCUT2D eigenvalue weighted by Gasteiger charge is 2.18. The number of amidine groups is 1. The van der Waals surface area contributed by atoms with Crippen molar-refractivity contribution in [1.29, 1.82) is 0 Å². The number of oxime groups is 1. The Morgan fingerprint density at radius 3 is 2.75 bits per heavy atom. The van der Waals surface area contributed by atoms with Crippen LogP contribution in [0.2, 0.25) is 0 Å². The van der Waals surface area contributed by atoms with Gasteiger partial charge in [-0.2, -0.15) is 0 Å². The summed E-state index contributed by atoms with van der Waals surface area (Å²) in [4.78, 5) is 13.4. The molecule has 0 atom stereocenters. The highest BCUT2D eigenvalue weighted by atomic mass is 19.1. The third-order valence-corrected chi connectivity index (χ3v) is 2.91. The summed E-state index contributed by atoms with van der Waals surface area (Å²) in [7, 11) is 0. The van der Waals surface area contributed by atoms with Gasteiger partial charge in [0, 0.05) is 18.7 Å². The molecule has 0 unspecified atom stereocenters. The van der Waals surface area contributed by atoms with Gasteiger partial charge in [-0.25, -0.2) is 9.18 Å². The molecule has 0 saturated carbocycles. The van der Waals surface area contributed by atoms with Crippen molar-refractivity contribution in [3.05, 3.63) is 29.6 Å². The lowest BCUT2D eigenvalue weighted by molar-refractivity contribution is 0.0564. The van der Waals surface area contributed by atoms with E-state index in [1.165, 1.54) is 12.1 Å². The quantitative estimate of drug-likeness (QED) is 0.323. The fourth-order valence-corrected chi connectivity index (χ4v) is 1.79. The Kier molecular flexibility index (Phi) is 4.36. The number of carbonyl (C=O) groups is 1. The average molecular weight is 282 g/mol. The van der Waals surface area contributed by atoms with E-state index in [-0.39, 0.29) is 23.1 Å². The summed E-state index contributed by atoms with van der Waals surface area (Å²) in [5.41, 5.74) is 5.62. The van der Waals surface area contributed by atoms with E-state index in [1.54, 1.807) is 4.90 Å². The van der Waals surface area contributed by atoms with Crippen LogP contribution in [0.5, 0.6) is 0 Å². The van der Waals surface area contributed by atoms with Crippen molar-refractivity contribution < 1.29 is 19.1 Å². The lowest BCUT2D eigenvalue weighted by Gasteiger charge is -2.27. The number of amides is 2. The van der Waals surface area contributed by atoms with E-state index in [0.29, 0.717) is 26.3 Å². The monoisotopic (exact) mass is 282 g/mol. The average Bonchev–Trinajstić information content (AvgIpc) is 2.49. The molecule has 1 fully saturated rings. The maximum atomic E-state index is 13.8. The molecule has 0 radical (unpaired) electrons. The molecule has 20 heavy (non-hydrogen) atoms. The Morgan fingerprint density at radius 2 is 2.15 bits per heavy atom. The largest absolute Gasteiger partial charge is 0.409 e. The molecule has 0 spiro atoms. The Balaban J connectivity index is 2.07. The minimum Gasteiger partial charge on any atom is -0.409 e. The van der Waals surface area contributed by atoms with E-state index in [1.807, 2.05) is 0 Å². The summed E-state index contributed by atoms with van der Waals surface area (Å²) in [5.74, 6) is -0.856. The SMILES string of the molecule is N/C(=N/O)c1ccc(NC(=O)N2CCOCC2)c(F)c1. The van der Waals surface area contributed by atoms with Crippen molar-refractivity contribution in [1.82, 2.24) is 4.90 Å². The first-order chi connectivity index (χ1) is 9.61. The molecule has 1 saturated heterocycles. The van der Waals surface area contributed by atoms with Gasteiger partial charge in [0.15, 0.2) is 5.84 Å². The fraction of sp³-hybridized carbons (Fsp3) is 0.333. The summed E-state index contributed by atoms with van der Waals surface area (Å²) in [6, 6.07) is 3.52. The maximum Gasteiger partial charge on any atom is 0.322 e. The van der Waals surface area contributed by atoms with Crippen molar-refractivity contribution in [3.8, 4) is 0 Å². The predicted octanol–water partition coefficient (Wildman–Crippen LogP) is 0.784. The molecule has 8 heteroatoms. The van der Waals surface area contributed by atoms with Crippen LogP contribution < -0.4 is 11.1 Å². The second-order valence-electron chi connectivity index (χ2n) is 4.21. The summed E-state index contributed by atoms with van der Waals surface area (Å²) in [6.07, 6.45) is 0. The molecular weight excluding hydrogens is 267 g/mol. The topological polar surface area (TPSA) is 100 Å². The van der Waals surface area contributed by atoms with Crippen LogP contribution in [-0.4, -0.2) is 48.3 Å². The van der Waals surface area contributed by atoms with E-state index in [4.69, 9.17) is 15.7 Å². The van der Waals surface area contributed by atoms with Crippen LogP contribution in [0.1, 0.15) is 5.56 Å². The molecule has 1 aromatic rings. The summed E-state index contributed by atoms with van der Waals surface area (Å²) in [5, 5.41) is 13.8. The number of morpholine rings is 1. The number of ether oxygens (including phenoxy) is 1. The molecule has 4 N–H and O–H groups in total. The van der Waals surface area contributed by atoms with Crippen molar-refractivity contribution in [2.45, 2.75) is 0 Å². The van der Waals surface area contributed by atoms with Crippen molar-refractivity contribution in [2.75, 3.05) is 31.6 Å². The Bertz CT molecular complexity index is 529. The zero-order chi connectivity index (χ0) is 14.5. The number of hydrogen-bond donors (Lipinski definition) is 3. The maximum absolute atomic E-state index is 13.8. The molecule has 7 nitrogen and oxygen atoms in total. The van der Waals surface area contributed by atoms with Crippen molar-refractivity contribution >= 4 is 17.6 Å². The van der Waals surface area contributed by atoms with Gasteiger partial charge in [-0.3, -0.25) is 0 Å². The van der Waals surface area contributed by atoms with Crippen LogP contribution in [0.3, 0.4) is 0 Å². The van der Waals surface area contributed by atoms with E-state index in [0.717, 1.165) is 6.07 Å². The summed E-state index contributed by atoms with van der Waals surface area (Å²) < 4.78 is 19.0. The molecule has 0 aromatic heterocycles. The van der Waals surface area contributed by atoms with Gasteiger partial charge in [-0.1, -0.05) is 5.16 Å². The number of rotatable bonds is 2. The minimum atomic E-state index is -0.657. The van der Waals surface area contributed by atoms with Gasteiger partial charge in [0.25, 0.3) is 0 Å². The van der Waals surface area contributed by atoms with Crippen LogP contribution >= 0.6 is 0 Å². The third kappa shape index (κ3) is 3.15. The van der Waals surface area contributed by atoms with Crippen LogP contribution in [0.4, 0.5) is 14.9 Å². The third-order valence-electron chi connectivity index (χ3n) is 2.91. The van der Waals surface area contributed by atoms with Gasteiger partial charge >= 0.3 is 6.03 Å². The second-order valence-corrected chi connectivity index (χ2v) is 4.21. The van der Waals surface area contributed by atoms with Crippen LogP contribution in [-0.2, 0) is 4.74 Å². The molecule has 108 valence electrons. The highest BCUT2D eigenvalue weighted by Crippen LogP contribution is 2.16. The number of nitrogens with zero attached hydrogens (tertiary/aromatic N) is 2.